The van der Waals surface area contributed by atoms with Crippen LogP contribution in [-0.2, 0) is 4.79 Å². The van der Waals surface area contributed by atoms with Crippen molar-refractivity contribution in [2.75, 3.05) is 10.6 Å². The number of benzene rings is 4. The Morgan fingerprint density at radius 1 is 0.697 bits per heavy atom. The number of anilines is 2. The summed E-state index contributed by atoms with van der Waals surface area (Å²) in [6, 6.07) is 33.5. The number of ether oxygens (including phenoxy) is 1. The lowest BCUT2D eigenvalue weighted by Crippen LogP contribution is -2.31. The van der Waals surface area contributed by atoms with Gasteiger partial charge in [-0.2, -0.15) is 0 Å². The summed E-state index contributed by atoms with van der Waals surface area (Å²) in [4.78, 5) is 25.7. The van der Waals surface area contributed by atoms with Gasteiger partial charge in [0, 0.05) is 16.9 Å². The SMILES string of the molecule is C[C@@H](Oc1ccccc1C(=O)Nc1ccccc1)C(=O)Nc1ccccc1-c1ccccc1. The first-order chi connectivity index (χ1) is 16.1. The molecule has 0 aliphatic rings. The van der Waals surface area contributed by atoms with E-state index in [1.807, 2.05) is 84.9 Å². The van der Waals surface area contributed by atoms with E-state index in [2.05, 4.69) is 10.6 Å². The lowest BCUT2D eigenvalue weighted by Gasteiger charge is -2.18. The Hall–Kier alpha value is -4.38. The zero-order valence-corrected chi connectivity index (χ0v) is 18.2. The molecule has 2 N–H and O–H groups in total. The number of nitrogens with one attached hydrogen (secondary N) is 2. The van der Waals surface area contributed by atoms with E-state index in [9.17, 15) is 9.59 Å². The normalized spacial score (nSPS) is 11.3. The molecule has 0 saturated carbocycles. The minimum atomic E-state index is -0.820. The van der Waals surface area contributed by atoms with Gasteiger partial charge in [0.15, 0.2) is 6.10 Å². The van der Waals surface area contributed by atoms with Crippen molar-refractivity contribution in [1.29, 1.82) is 0 Å². The van der Waals surface area contributed by atoms with E-state index in [0.717, 1.165) is 11.1 Å². The summed E-state index contributed by atoms with van der Waals surface area (Å²) in [7, 11) is 0. The highest BCUT2D eigenvalue weighted by Gasteiger charge is 2.20. The van der Waals surface area contributed by atoms with E-state index in [1.165, 1.54) is 0 Å². The second kappa shape index (κ2) is 10.3. The Morgan fingerprint density at radius 2 is 1.30 bits per heavy atom. The van der Waals surface area contributed by atoms with E-state index >= 15 is 0 Å². The maximum Gasteiger partial charge on any atom is 0.265 e. The fraction of sp³-hybridized carbons (Fsp3) is 0.0714. The molecule has 0 radical (unpaired) electrons. The zero-order valence-electron chi connectivity index (χ0n) is 18.2. The van der Waals surface area contributed by atoms with Gasteiger partial charge in [-0.05, 0) is 42.8 Å². The van der Waals surface area contributed by atoms with Gasteiger partial charge in [0.05, 0.1) is 5.56 Å². The summed E-state index contributed by atoms with van der Waals surface area (Å²) in [5.74, 6) is -0.277. The number of rotatable bonds is 7. The number of carbonyl (C=O) groups is 2. The van der Waals surface area contributed by atoms with Gasteiger partial charge in [-0.1, -0.05) is 78.9 Å². The summed E-state index contributed by atoms with van der Waals surface area (Å²) in [6.07, 6.45) is -0.820. The molecule has 0 aliphatic carbocycles. The quantitative estimate of drug-likeness (QED) is 0.373. The smallest absolute Gasteiger partial charge is 0.265 e. The van der Waals surface area contributed by atoms with E-state index in [1.54, 1.807) is 31.2 Å². The lowest BCUT2D eigenvalue weighted by atomic mass is 10.0. The van der Waals surface area contributed by atoms with Crippen molar-refractivity contribution in [1.82, 2.24) is 0 Å². The molecule has 0 spiro atoms. The highest BCUT2D eigenvalue weighted by molar-refractivity contribution is 6.06. The van der Waals surface area contributed by atoms with Gasteiger partial charge >= 0.3 is 0 Å². The van der Waals surface area contributed by atoms with E-state index < -0.39 is 6.10 Å². The summed E-state index contributed by atoms with van der Waals surface area (Å²) < 4.78 is 5.91. The predicted octanol–water partition coefficient (Wildman–Crippen LogP) is 6.01. The summed E-state index contributed by atoms with van der Waals surface area (Å²) >= 11 is 0. The molecule has 0 aromatic heterocycles. The number of hydrogen-bond acceptors (Lipinski definition) is 3. The van der Waals surface area contributed by atoms with Crippen LogP contribution in [0.25, 0.3) is 11.1 Å². The minimum absolute atomic E-state index is 0.307. The first-order valence-corrected chi connectivity index (χ1v) is 10.7. The maximum absolute atomic E-state index is 12.9. The van der Waals surface area contributed by atoms with Gasteiger partial charge < -0.3 is 15.4 Å². The summed E-state index contributed by atoms with van der Waals surface area (Å²) in [6.45, 7) is 1.66. The molecule has 0 saturated heterocycles. The van der Waals surface area contributed by atoms with Gasteiger partial charge in [-0.25, -0.2) is 0 Å². The van der Waals surface area contributed by atoms with Crippen molar-refractivity contribution in [2.24, 2.45) is 0 Å². The van der Waals surface area contributed by atoms with Crippen molar-refractivity contribution < 1.29 is 14.3 Å². The molecule has 33 heavy (non-hydrogen) atoms. The zero-order chi connectivity index (χ0) is 23.0. The number of para-hydroxylation sites is 3. The van der Waals surface area contributed by atoms with Crippen LogP contribution in [0.1, 0.15) is 17.3 Å². The van der Waals surface area contributed by atoms with Crippen LogP contribution >= 0.6 is 0 Å². The second-order valence-electron chi connectivity index (χ2n) is 7.48. The van der Waals surface area contributed by atoms with Crippen molar-refractivity contribution in [3.63, 3.8) is 0 Å². The topological polar surface area (TPSA) is 67.4 Å². The molecule has 0 bridgehead atoms. The van der Waals surface area contributed by atoms with E-state index in [0.29, 0.717) is 22.7 Å². The molecule has 5 nitrogen and oxygen atoms in total. The van der Waals surface area contributed by atoms with Crippen LogP contribution in [0, 0.1) is 0 Å². The van der Waals surface area contributed by atoms with Crippen molar-refractivity contribution in [3.05, 3.63) is 115 Å². The van der Waals surface area contributed by atoms with Crippen LogP contribution in [0.2, 0.25) is 0 Å². The Balaban J connectivity index is 1.48. The third-order valence-electron chi connectivity index (χ3n) is 5.11. The summed E-state index contributed by atoms with van der Waals surface area (Å²) in [5, 5.41) is 5.80. The third kappa shape index (κ3) is 5.46. The fourth-order valence-electron chi connectivity index (χ4n) is 3.42. The van der Waals surface area contributed by atoms with Gasteiger partial charge in [-0.3, -0.25) is 9.59 Å². The maximum atomic E-state index is 12.9. The van der Waals surface area contributed by atoms with Gasteiger partial charge in [0.2, 0.25) is 0 Å². The predicted molar refractivity (Wildman–Crippen MR) is 131 cm³/mol. The first kappa shape index (κ1) is 21.8. The molecule has 0 fully saturated rings. The van der Waals surface area contributed by atoms with E-state index in [-0.39, 0.29) is 11.8 Å². The Labute approximate surface area is 193 Å². The largest absolute Gasteiger partial charge is 0.480 e. The van der Waals surface area contributed by atoms with E-state index in [4.69, 9.17) is 4.74 Å². The number of amides is 2. The molecule has 164 valence electrons. The van der Waals surface area contributed by atoms with Crippen LogP contribution < -0.4 is 15.4 Å². The standard InChI is InChI=1S/C28H24N2O3/c1-20(27(31)30-25-18-10-8-16-23(25)21-12-4-2-5-13-21)33-26-19-11-9-17-24(26)28(32)29-22-14-6-3-7-15-22/h2-20H,1H3,(H,29,32)(H,30,31)/t20-/m1/s1. The second-order valence-corrected chi connectivity index (χ2v) is 7.48. The summed E-state index contributed by atoms with van der Waals surface area (Å²) in [5.41, 5.74) is 3.65. The van der Waals surface area contributed by atoms with Crippen LogP contribution in [0.5, 0.6) is 5.75 Å². The molecule has 0 aliphatic heterocycles. The van der Waals surface area contributed by atoms with Gasteiger partial charge in [0.1, 0.15) is 5.75 Å². The first-order valence-electron chi connectivity index (χ1n) is 10.7. The molecule has 0 unspecified atom stereocenters. The molecule has 4 aromatic carbocycles. The highest BCUT2D eigenvalue weighted by atomic mass is 16.5. The average Bonchev–Trinajstić information content (AvgIpc) is 2.86. The fourth-order valence-corrected chi connectivity index (χ4v) is 3.42. The number of hydrogen-bond donors (Lipinski definition) is 2. The molecule has 4 rings (SSSR count). The van der Waals surface area contributed by atoms with Crippen LogP contribution in [0.15, 0.2) is 109 Å². The molecule has 2 amide bonds. The molecule has 1 atom stereocenters. The van der Waals surface area contributed by atoms with Gasteiger partial charge in [-0.15, -0.1) is 0 Å². The highest BCUT2D eigenvalue weighted by Crippen LogP contribution is 2.28. The Morgan fingerprint density at radius 3 is 2.06 bits per heavy atom. The molecule has 4 aromatic rings. The number of carbonyl (C=O) groups excluding carboxylic acids is 2. The van der Waals surface area contributed by atoms with Crippen molar-refractivity contribution >= 4 is 23.2 Å². The van der Waals surface area contributed by atoms with Crippen molar-refractivity contribution in [3.8, 4) is 16.9 Å². The Kier molecular flexibility index (Phi) is 6.81. The molecular weight excluding hydrogens is 412 g/mol. The molecule has 5 heteroatoms. The Bertz CT molecular complexity index is 1240. The average molecular weight is 437 g/mol. The third-order valence-corrected chi connectivity index (χ3v) is 5.11. The van der Waals surface area contributed by atoms with Crippen LogP contribution in [0.3, 0.4) is 0 Å². The van der Waals surface area contributed by atoms with Gasteiger partial charge in [0.25, 0.3) is 11.8 Å². The van der Waals surface area contributed by atoms with Crippen LogP contribution in [0.4, 0.5) is 11.4 Å². The minimum Gasteiger partial charge on any atom is -0.480 e. The monoisotopic (exact) mass is 436 g/mol. The van der Waals surface area contributed by atoms with Crippen molar-refractivity contribution in [2.45, 2.75) is 13.0 Å². The lowest BCUT2D eigenvalue weighted by molar-refractivity contribution is -0.122. The molecular formula is C28H24N2O3. The van der Waals surface area contributed by atoms with Crippen LogP contribution in [-0.4, -0.2) is 17.9 Å². The molecule has 0 heterocycles.